The zero-order valence-electron chi connectivity index (χ0n) is 24.9. The summed E-state index contributed by atoms with van der Waals surface area (Å²) in [5.74, 6) is 2.64. The van der Waals surface area contributed by atoms with Gasteiger partial charge in [0.2, 0.25) is 0 Å². The van der Waals surface area contributed by atoms with E-state index in [1.165, 1.54) is 21.9 Å². The van der Waals surface area contributed by atoms with E-state index in [4.69, 9.17) is 14.7 Å². The highest BCUT2D eigenvalue weighted by Gasteiger charge is 2.39. The van der Waals surface area contributed by atoms with E-state index in [1.807, 2.05) is 6.07 Å². The van der Waals surface area contributed by atoms with Crippen LogP contribution in [0.15, 0.2) is 133 Å². The molecule has 0 amide bonds. The Morgan fingerprint density at radius 1 is 0.545 bits per heavy atom. The summed E-state index contributed by atoms with van der Waals surface area (Å²) in [5, 5.41) is 3.44. The molecule has 6 aromatic carbocycles. The molecule has 0 fully saturated rings. The van der Waals surface area contributed by atoms with Crippen LogP contribution in [0.5, 0.6) is 11.5 Å². The van der Waals surface area contributed by atoms with Gasteiger partial charge >= 0.3 is 0 Å². The SMILES string of the molecule is CCC1(CC)c2ccccc2Oc2ccc(-c3cccc(-c4nc(-c5cccc6ccccc56)c5ccccc5n4)c3)cc21. The molecule has 1 aromatic heterocycles. The first-order chi connectivity index (χ1) is 21.7. The molecule has 0 saturated heterocycles. The molecule has 8 rings (SSSR count). The fourth-order valence-corrected chi connectivity index (χ4v) is 7.08. The van der Waals surface area contributed by atoms with Gasteiger partial charge in [-0.1, -0.05) is 117 Å². The molecule has 2 heterocycles. The summed E-state index contributed by atoms with van der Waals surface area (Å²) in [6.07, 6.45) is 2.00. The van der Waals surface area contributed by atoms with E-state index in [2.05, 4.69) is 141 Å². The smallest absolute Gasteiger partial charge is 0.160 e. The lowest BCUT2D eigenvalue weighted by Gasteiger charge is -2.39. The molecule has 1 aliphatic heterocycles. The van der Waals surface area contributed by atoms with Crippen LogP contribution in [0.25, 0.3) is 55.4 Å². The van der Waals surface area contributed by atoms with Crippen molar-refractivity contribution in [3.05, 3.63) is 145 Å². The molecule has 0 spiro atoms. The second-order valence-electron chi connectivity index (χ2n) is 11.6. The van der Waals surface area contributed by atoms with Crippen LogP contribution in [0, 0.1) is 0 Å². The molecular formula is C41H32N2O. The molecule has 0 atom stereocenters. The zero-order chi connectivity index (χ0) is 29.7. The zero-order valence-corrected chi connectivity index (χ0v) is 24.9. The molecule has 212 valence electrons. The fourth-order valence-electron chi connectivity index (χ4n) is 7.08. The normalized spacial score (nSPS) is 13.3. The van der Waals surface area contributed by atoms with Crippen molar-refractivity contribution in [3.63, 3.8) is 0 Å². The van der Waals surface area contributed by atoms with E-state index < -0.39 is 0 Å². The quantitative estimate of drug-likeness (QED) is 0.207. The van der Waals surface area contributed by atoms with Crippen LogP contribution in [-0.4, -0.2) is 9.97 Å². The van der Waals surface area contributed by atoms with Crippen LogP contribution in [0.3, 0.4) is 0 Å². The van der Waals surface area contributed by atoms with Gasteiger partial charge in [0, 0.05) is 33.1 Å². The van der Waals surface area contributed by atoms with E-state index in [0.29, 0.717) is 0 Å². The van der Waals surface area contributed by atoms with Gasteiger partial charge in [0.05, 0.1) is 11.2 Å². The number of hydrogen-bond acceptors (Lipinski definition) is 3. The summed E-state index contributed by atoms with van der Waals surface area (Å²) >= 11 is 0. The van der Waals surface area contributed by atoms with E-state index >= 15 is 0 Å². The number of fused-ring (bicyclic) bond motifs is 4. The van der Waals surface area contributed by atoms with Gasteiger partial charge in [0.25, 0.3) is 0 Å². The summed E-state index contributed by atoms with van der Waals surface area (Å²) in [6, 6.07) is 47.0. The van der Waals surface area contributed by atoms with Crippen molar-refractivity contribution in [2.75, 3.05) is 0 Å². The number of benzene rings is 6. The second kappa shape index (κ2) is 10.5. The molecule has 0 aliphatic carbocycles. The van der Waals surface area contributed by atoms with Crippen LogP contribution in [0.4, 0.5) is 0 Å². The topological polar surface area (TPSA) is 35.0 Å². The molecule has 0 N–H and O–H groups in total. The lowest BCUT2D eigenvalue weighted by molar-refractivity contribution is 0.375. The highest BCUT2D eigenvalue weighted by Crippen LogP contribution is 2.52. The number of aromatic nitrogens is 2. The molecule has 3 heteroatoms. The Hall–Kier alpha value is -5.28. The van der Waals surface area contributed by atoms with E-state index in [9.17, 15) is 0 Å². The van der Waals surface area contributed by atoms with Crippen LogP contribution in [0.1, 0.15) is 37.8 Å². The largest absolute Gasteiger partial charge is 0.457 e. The summed E-state index contributed by atoms with van der Waals surface area (Å²) in [5.41, 5.74) is 8.73. The summed E-state index contributed by atoms with van der Waals surface area (Å²) in [4.78, 5) is 10.3. The Labute approximate surface area is 257 Å². The molecular weight excluding hydrogens is 536 g/mol. The van der Waals surface area contributed by atoms with Gasteiger partial charge in [0.1, 0.15) is 11.5 Å². The maximum absolute atomic E-state index is 6.43. The van der Waals surface area contributed by atoms with Crippen molar-refractivity contribution in [2.24, 2.45) is 0 Å². The minimum atomic E-state index is -0.0907. The summed E-state index contributed by atoms with van der Waals surface area (Å²) in [7, 11) is 0. The van der Waals surface area contributed by atoms with Crippen LogP contribution in [0.2, 0.25) is 0 Å². The second-order valence-corrected chi connectivity index (χ2v) is 11.6. The van der Waals surface area contributed by atoms with Crippen molar-refractivity contribution in [3.8, 4) is 45.3 Å². The molecule has 44 heavy (non-hydrogen) atoms. The maximum atomic E-state index is 6.43. The highest BCUT2D eigenvalue weighted by molar-refractivity contribution is 6.03. The Kier molecular flexibility index (Phi) is 6.27. The summed E-state index contributed by atoms with van der Waals surface area (Å²) < 4.78 is 6.43. The van der Waals surface area contributed by atoms with Crippen LogP contribution >= 0.6 is 0 Å². The van der Waals surface area contributed by atoms with Crippen molar-refractivity contribution < 1.29 is 4.74 Å². The van der Waals surface area contributed by atoms with Crippen molar-refractivity contribution in [2.45, 2.75) is 32.1 Å². The first kappa shape index (κ1) is 26.4. The average Bonchev–Trinajstić information content (AvgIpc) is 3.10. The van der Waals surface area contributed by atoms with E-state index in [1.54, 1.807) is 0 Å². The van der Waals surface area contributed by atoms with E-state index in [0.717, 1.165) is 69.0 Å². The molecule has 0 bridgehead atoms. The first-order valence-electron chi connectivity index (χ1n) is 15.5. The Morgan fingerprint density at radius 2 is 1.23 bits per heavy atom. The highest BCUT2D eigenvalue weighted by atomic mass is 16.5. The summed E-state index contributed by atoms with van der Waals surface area (Å²) in [6.45, 7) is 4.57. The van der Waals surface area contributed by atoms with Crippen molar-refractivity contribution in [1.29, 1.82) is 0 Å². The predicted octanol–water partition coefficient (Wildman–Crippen LogP) is 11.0. The average molecular weight is 569 g/mol. The lowest BCUT2D eigenvalue weighted by atomic mass is 9.68. The predicted molar refractivity (Wildman–Crippen MR) is 181 cm³/mol. The number of para-hydroxylation sites is 2. The van der Waals surface area contributed by atoms with Gasteiger partial charge in [-0.3, -0.25) is 0 Å². The number of nitrogens with zero attached hydrogens (tertiary/aromatic N) is 2. The van der Waals surface area contributed by atoms with Crippen molar-refractivity contribution in [1.82, 2.24) is 9.97 Å². The third-order valence-corrected chi connectivity index (χ3v) is 9.43. The minimum Gasteiger partial charge on any atom is -0.457 e. The molecule has 3 nitrogen and oxygen atoms in total. The molecule has 0 unspecified atom stereocenters. The standard InChI is InChI=1S/C41H32N2O/c1-3-41(4-2)34-20-8-10-22-37(34)44-38-24-23-29(26-35(38)41)28-15-11-16-30(25-28)40-42-36-21-9-7-18-33(36)39(43-40)32-19-12-14-27-13-5-6-17-31(27)32/h5-26H,3-4H2,1-2H3. The fraction of sp³-hybridized carbons (Fsp3) is 0.122. The number of hydrogen-bond donors (Lipinski definition) is 0. The number of rotatable bonds is 5. The Balaban J connectivity index is 1.27. The molecule has 0 radical (unpaired) electrons. The van der Waals surface area contributed by atoms with Gasteiger partial charge in [-0.05, 0) is 65.1 Å². The number of ether oxygens (including phenoxy) is 1. The van der Waals surface area contributed by atoms with E-state index in [-0.39, 0.29) is 5.41 Å². The van der Waals surface area contributed by atoms with Crippen molar-refractivity contribution >= 4 is 21.7 Å². The van der Waals surface area contributed by atoms with Gasteiger partial charge in [0.15, 0.2) is 5.82 Å². The van der Waals surface area contributed by atoms with Crippen LogP contribution < -0.4 is 4.74 Å². The van der Waals surface area contributed by atoms with Gasteiger partial charge in [-0.2, -0.15) is 0 Å². The third-order valence-electron chi connectivity index (χ3n) is 9.43. The maximum Gasteiger partial charge on any atom is 0.160 e. The minimum absolute atomic E-state index is 0.0907. The van der Waals surface area contributed by atoms with Gasteiger partial charge in [-0.25, -0.2) is 9.97 Å². The van der Waals surface area contributed by atoms with Crippen LogP contribution in [-0.2, 0) is 5.41 Å². The third kappa shape index (κ3) is 4.11. The first-order valence-corrected chi connectivity index (χ1v) is 15.5. The van der Waals surface area contributed by atoms with Gasteiger partial charge < -0.3 is 4.74 Å². The molecule has 7 aromatic rings. The molecule has 1 aliphatic rings. The molecule has 0 saturated carbocycles. The van der Waals surface area contributed by atoms with Gasteiger partial charge in [-0.15, -0.1) is 0 Å². The lowest BCUT2D eigenvalue weighted by Crippen LogP contribution is -2.30. The Bertz CT molecular complexity index is 2190. The Morgan fingerprint density at radius 3 is 2.11 bits per heavy atom. The monoisotopic (exact) mass is 568 g/mol.